The van der Waals surface area contributed by atoms with E-state index in [1.165, 1.54) is 25.7 Å². The van der Waals surface area contributed by atoms with Crippen LogP contribution in [0.15, 0.2) is 0 Å². The molecule has 0 bridgehead atoms. The fraction of sp³-hybridized carbons (Fsp3) is 0.938. The molecule has 0 aromatic rings. The van der Waals surface area contributed by atoms with Gasteiger partial charge >= 0.3 is 0 Å². The van der Waals surface area contributed by atoms with Crippen molar-refractivity contribution in [3.05, 3.63) is 0 Å². The van der Waals surface area contributed by atoms with Crippen LogP contribution in [-0.4, -0.2) is 59.5 Å². The lowest BCUT2D eigenvalue weighted by atomic mass is 10.1. The average molecular weight is 281 g/mol. The van der Waals surface area contributed by atoms with Crippen molar-refractivity contribution < 1.29 is 4.79 Å². The third-order valence-electron chi connectivity index (χ3n) is 5.12. The van der Waals surface area contributed by atoms with Gasteiger partial charge in [0.15, 0.2) is 0 Å². The Labute approximate surface area is 123 Å². The highest BCUT2D eigenvalue weighted by Gasteiger charge is 2.36. The highest BCUT2D eigenvalue weighted by Crippen LogP contribution is 2.26. The van der Waals surface area contributed by atoms with Crippen LogP contribution in [-0.2, 0) is 4.79 Å². The van der Waals surface area contributed by atoms with E-state index in [0.29, 0.717) is 24.0 Å². The second kappa shape index (κ2) is 6.90. The largest absolute Gasteiger partial charge is 0.340 e. The van der Waals surface area contributed by atoms with Crippen LogP contribution in [0.4, 0.5) is 0 Å². The van der Waals surface area contributed by atoms with Crippen LogP contribution in [0.3, 0.4) is 0 Å². The summed E-state index contributed by atoms with van der Waals surface area (Å²) in [6.07, 6.45) is 4.88. The van der Waals surface area contributed by atoms with Gasteiger partial charge in [-0.3, -0.25) is 9.69 Å². The number of nitrogens with zero attached hydrogens (tertiary/aromatic N) is 2. The fourth-order valence-corrected chi connectivity index (χ4v) is 3.92. The number of nitrogens with one attached hydrogen (secondary N) is 1. The van der Waals surface area contributed by atoms with Crippen LogP contribution in [0, 0.1) is 0 Å². The number of hydrogen-bond donors (Lipinski definition) is 1. The summed E-state index contributed by atoms with van der Waals surface area (Å²) < 4.78 is 0. The van der Waals surface area contributed by atoms with E-state index in [0.717, 1.165) is 19.6 Å². The number of amides is 1. The van der Waals surface area contributed by atoms with Gasteiger partial charge in [-0.1, -0.05) is 0 Å². The zero-order valence-electron chi connectivity index (χ0n) is 13.6. The molecule has 0 aromatic heterocycles. The highest BCUT2D eigenvalue weighted by molar-refractivity contribution is 5.81. The molecule has 0 saturated carbocycles. The Morgan fingerprint density at radius 1 is 1.30 bits per heavy atom. The van der Waals surface area contributed by atoms with Crippen LogP contribution < -0.4 is 5.32 Å². The first-order valence-electron chi connectivity index (χ1n) is 8.34. The molecule has 2 rings (SSSR count). The van der Waals surface area contributed by atoms with Crippen molar-refractivity contribution in [1.29, 1.82) is 0 Å². The lowest BCUT2D eigenvalue weighted by Gasteiger charge is -2.35. The van der Waals surface area contributed by atoms with Gasteiger partial charge in [-0.05, 0) is 59.9 Å². The molecule has 0 aliphatic carbocycles. The number of likely N-dealkylation sites (tertiary alicyclic amines) is 1. The van der Waals surface area contributed by atoms with E-state index in [9.17, 15) is 4.79 Å². The van der Waals surface area contributed by atoms with Crippen LogP contribution in [0.25, 0.3) is 0 Å². The van der Waals surface area contributed by atoms with Crippen molar-refractivity contribution in [2.45, 2.75) is 77.5 Å². The van der Waals surface area contributed by atoms with E-state index in [1.54, 1.807) is 0 Å². The van der Waals surface area contributed by atoms with Gasteiger partial charge in [-0.15, -0.1) is 0 Å². The molecule has 20 heavy (non-hydrogen) atoms. The van der Waals surface area contributed by atoms with Crippen molar-refractivity contribution in [3.63, 3.8) is 0 Å². The lowest BCUT2D eigenvalue weighted by molar-refractivity contribution is -0.137. The molecule has 116 valence electrons. The smallest absolute Gasteiger partial charge is 0.239 e. The van der Waals surface area contributed by atoms with E-state index < -0.39 is 0 Å². The molecule has 4 heteroatoms. The average Bonchev–Trinajstić information content (AvgIpc) is 3.05. The Morgan fingerprint density at radius 2 is 1.95 bits per heavy atom. The minimum atomic E-state index is 0.0175. The third-order valence-corrected chi connectivity index (χ3v) is 5.12. The van der Waals surface area contributed by atoms with Crippen LogP contribution in [0.1, 0.15) is 53.4 Å². The number of hydrogen-bond acceptors (Lipinski definition) is 3. The Balaban J connectivity index is 1.96. The maximum atomic E-state index is 12.8. The summed E-state index contributed by atoms with van der Waals surface area (Å²) in [4.78, 5) is 17.3. The maximum absolute atomic E-state index is 12.8. The zero-order chi connectivity index (χ0) is 14.7. The third kappa shape index (κ3) is 3.34. The first-order valence-corrected chi connectivity index (χ1v) is 8.34. The van der Waals surface area contributed by atoms with Gasteiger partial charge in [-0.2, -0.15) is 0 Å². The Bertz CT molecular complexity index is 318. The van der Waals surface area contributed by atoms with E-state index in [2.05, 4.69) is 37.9 Å². The molecule has 2 saturated heterocycles. The normalized spacial score (nSPS) is 32.5. The van der Waals surface area contributed by atoms with Crippen molar-refractivity contribution in [3.8, 4) is 0 Å². The molecule has 4 atom stereocenters. The second-order valence-electron chi connectivity index (χ2n) is 6.57. The summed E-state index contributed by atoms with van der Waals surface area (Å²) in [7, 11) is 0. The van der Waals surface area contributed by atoms with E-state index in [1.807, 2.05) is 4.90 Å². The summed E-state index contributed by atoms with van der Waals surface area (Å²) >= 11 is 0. The molecule has 2 heterocycles. The lowest BCUT2D eigenvalue weighted by Crippen LogP contribution is -2.52. The summed E-state index contributed by atoms with van der Waals surface area (Å²) in [6.45, 7) is 11.5. The van der Waals surface area contributed by atoms with Gasteiger partial charge in [0.05, 0.1) is 6.04 Å². The Morgan fingerprint density at radius 3 is 2.45 bits per heavy atom. The molecule has 4 unspecified atom stereocenters. The molecule has 2 aliphatic heterocycles. The standard InChI is InChI=1S/C16H31N3O/c1-5-18(11-15-7-6-10-17-15)16(20)14(4)19-12(2)8-9-13(19)3/h12-15,17H,5-11H2,1-4H3. The zero-order valence-corrected chi connectivity index (χ0v) is 13.6. The van der Waals surface area contributed by atoms with Gasteiger partial charge < -0.3 is 10.2 Å². The van der Waals surface area contributed by atoms with Crippen LogP contribution >= 0.6 is 0 Å². The molecule has 2 fully saturated rings. The van der Waals surface area contributed by atoms with Crippen molar-refractivity contribution >= 4 is 5.91 Å². The number of carbonyl (C=O) groups excluding carboxylic acids is 1. The maximum Gasteiger partial charge on any atom is 0.239 e. The predicted molar refractivity (Wildman–Crippen MR) is 82.7 cm³/mol. The second-order valence-corrected chi connectivity index (χ2v) is 6.57. The predicted octanol–water partition coefficient (Wildman–Crippen LogP) is 1.85. The molecule has 0 aromatic carbocycles. The minimum Gasteiger partial charge on any atom is -0.340 e. The summed E-state index contributed by atoms with van der Waals surface area (Å²) in [5.74, 6) is 0.307. The molecule has 1 amide bonds. The molecular formula is C16H31N3O. The number of likely N-dealkylation sites (N-methyl/N-ethyl adjacent to an activating group) is 1. The minimum absolute atomic E-state index is 0.0175. The molecule has 4 nitrogen and oxygen atoms in total. The van der Waals surface area contributed by atoms with E-state index in [-0.39, 0.29) is 6.04 Å². The van der Waals surface area contributed by atoms with Crippen molar-refractivity contribution in [1.82, 2.24) is 15.1 Å². The van der Waals surface area contributed by atoms with Gasteiger partial charge in [0, 0.05) is 31.2 Å². The molecule has 1 N–H and O–H groups in total. The molecular weight excluding hydrogens is 250 g/mol. The quantitative estimate of drug-likeness (QED) is 0.835. The topological polar surface area (TPSA) is 35.6 Å². The van der Waals surface area contributed by atoms with Gasteiger partial charge in [0.2, 0.25) is 5.91 Å². The fourth-order valence-electron chi connectivity index (χ4n) is 3.92. The van der Waals surface area contributed by atoms with Gasteiger partial charge in [0.1, 0.15) is 0 Å². The van der Waals surface area contributed by atoms with Crippen molar-refractivity contribution in [2.24, 2.45) is 0 Å². The summed E-state index contributed by atoms with van der Waals surface area (Å²) in [5.41, 5.74) is 0. The first-order chi connectivity index (χ1) is 9.54. The van der Waals surface area contributed by atoms with Crippen molar-refractivity contribution in [2.75, 3.05) is 19.6 Å². The molecule has 2 aliphatic rings. The highest BCUT2D eigenvalue weighted by atomic mass is 16.2. The summed E-state index contributed by atoms with van der Waals surface area (Å²) in [5, 5.41) is 3.49. The molecule has 0 radical (unpaired) electrons. The SMILES string of the molecule is CCN(CC1CCCN1)C(=O)C(C)N1C(C)CCC1C. The monoisotopic (exact) mass is 281 g/mol. The van der Waals surface area contributed by atoms with Gasteiger partial charge in [-0.25, -0.2) is 0 Å². The first kappa shape index (κ1) is 15.8. The van der Waals surface area contributed by atoms with Gasteiger partial charge in [0.25, 0.3) is 0 Å². The molecule has 0 spiro atoms. The number of rotatable bonds is 5. The summed E-state index contributed by atoms with van der Waals surface area (Å²) in [6, 6.07) is 1.59. The number of carbonyl (C=O) groups is 1. The van der Waals surface area contributed by atoms with Crippen LogP contribution in [0.2, 0.25) is 0 Å². The van der Waals surface area contributed by atoms with E-state index >= 15 is 0 Å². The van der Waals surface area contributed by atoms with Crippen LogP contribution in [0.5, 0.6) is 0 Å². The van der Waals surface area contributed by atoms with E-state index in [4.69, 9.17) is 0 Å². The Hall–Kier alpha value is -0.610. The Kier molecular flexibility index (Phi) is 5.44.